The van der Waals surface area contributed by atoms with Gasteiger partial charge in [0.15, 0.2) is 0 Å². The highest BCUT2D eigenvalue weighted by atomic mass is 16.1. The van der Waals surface area contributed by atoms with Crippen molar-refractivity contribution < 1.29 is 4.79 Å². The van der Waals surface area contributed by atoms with Crippen molar-refractivity contribution in [1.29, 1.82) is 0 Å². The first-order valence-corrected chi connectivity index (χ1v) is 9.66. The zero-order chi connectivity index (χ0) is 18.8. The van der Waals surface area contributed by atoms with Crippen LogP contribution >= 0.6 is 0 Å². The number of carbonyl (C=O) groups excluding carboxylic acids is 1. The van der Waals surface area contributed by atoms with Crippen LogP contribution < -0.4 is 10.2 Å². The van der Waals surface area contributed by atoms with E-state index in [9.17, 15) is 4.79 Å². The van der Waals surface area contributed by atoms with Crippen LogP contribution in [0.5, 0.6) is 0 Å². The number of aromatic nitrogens is 2. The third-order valence-electron chi connectivity index (χ3n) is 5.69. The molecule has 1 amide bonds. The second-order valence-corrected chi connectivity index (χ2v) is 7.70. The molecule has 2 aromatic rings. The minimum atomic E-state index is -0.0333. The molecule has 0 spiro atoms. The number of hydrogen-bond donors (Lipinski definition) is 1. The summed E-state index contributed by atoms with van der Waals surface area (Å²) in [4.78, 5) is 22.9. The van der Waals surface area contributed by atoms with Gasteiger partial charge in [-0.3, -0.25) is 14.8 Å². The number of amides is 1. The topological polar surface area (TPSA) is 58.1 Å². The molecule has 0 bridgehead atoms. The lowest BCUT2D eigenvalue weighted by Gasteiger charge is -2.22. The molecule has 3 atom stereocenters. The number of hydrogen-bond acceptors (Lipinski definition) is 4. The van der Waals surface area contributed by atoms with E-state index in [1.54, 1.807) is 24.5 Å². The lowest BCUT2D eigenvalue weighted by molar-refractivity contribution is -0.116. The van der Waals surface area contributed by atoms with Crippen molar-refractivity contribution in [2.75, 3.05) is 24.5 Å². The van der Waals surface area contributed by atoms with E-state index in [-0.39, 0.29) is 5.91 Å². The summed E-state index contributed by atoms with van der Waals surface area (Å²) in [6.45, 7) is 7.13. The monoisotopic (exact) mass is 362 g/mol. The minimum Gasteiger partial charge on any atom is -0.371 e. The van der Waals surface area contributed by atoms with Gasteiger partial charge in [-0.05, 0) is 67.9 Å². The molecule has 5 heteroatoms. The second-order valence-electron chi connectivity index (χ2n) is 7.70. The largest absolute Gasteiger partial charge is 0.371 e. The van der Waals surface area contributed by atoms with Gasteiger partial charge in [0.2, 0.25) is 5.91 Å². The second kappa shape index (κ2) is 7.51. The van der Waals surface area contributed by atoms with Crippen molar-refractivity contribution in [1.82, 2.24) is 15.3 Å². The summed E-state index contributed by atoms with van der Waals surface area (Å²) in [5, 5.41) is 3.00. The maximum absolute atomic E-state index is 11.9. The van der Waals surface area contributed by atoms with Gasteiger partial charge in [0, 0.05) is 55.2 Å². The molecule has 1 aliphatic heterocycles. The van der Waals surface area contributed by atoms with Crippen LogP contribution in [0.4, 0.5) is 5.69 Å². The Morgan fingerprint density at radius 1 is 1.26 bits per heavy atom. The van der Waals surface area contributed by atoms with E-state index < -0.39 is 0 Å². The van der Waals surface area contributed by atoms with Crippen LogP contribution in [-0.2, 0) is 4.79 Å². The average Bonchev–Trinajstić information content (AvgIpc) is 3.10. The lowest BCUT2D eigenvalue weighted by atomic mass is 10.1. The normalized spacial score (nSPS) is 23.5. The smallest absolute Gasteiger partial charge is 0.244 e. The zero-order valence-corrected chi connectivity index (χ0v) is 15.9. The van der Waals surface area contributed by atoms with Crippen LogP contribution in [0.15, 0.2) is 42.7 Å². The van der Waals surface area contributed by atoms with Gasteiger partial charge >= 0.3 is 0 Å². The van der Waals surface area contributed by atoms with Crippen LogP contribution in [-0.4, -0.2) is 35.5 Å². The molecule has 0 radical (unpaired) electrons. The van der Waals surface area contributed by atoms with Crippen molar-refractivity contribution in [2.24, 2.45) is 17.8 Å². The standard InChI is InChI=1S/C22H26N4O/c1-15-10-18(11-16(2)25-15)26-13-20-19(21(20)14-26)7-9-24-22(27)6-5-17-4-3-8-23-12-17/h3-6,8,10-12,19-21H,7,9,13-14H2,1-2H3,(H,24,27)/b6-5+/t19-,20-,21+. The Balaban J connectivity index is 1.19. The number of anilines is 1. The molecule has 0 aromatic carbocycles. The van der Waals surface area contributed by atoms with E-state index in [0.29, 0.717) is 0 Å². The van der Waals surface area contributed by atoms with Gasteiger partial charge in [0.05, 0.1) is 0 Å². The summed E-state index contributed by atoms with van der Waals surface area (Å²) < 4.78 is 0. The van der Waals surface area contributed by atoms with E-state index in [1.807, 2.05) is 12.1 Å². The molecule has 1 saturated carbocycles. The van der Waals surface area contributed by atoms with Gasteiger partial charge in [0.1, 0.15) is 0 Å². The van der Waals surface area contributed by atoms with Gasteiger partial charge in [-0.25, -0.2) is 0 Å². The number of pyridine rings is 2. The number of nitrogens with one attached hydrogen (secondary N) is 1. The first kappa shape index (κ1) is 17.7. The summed E-state index contributed by atoms with van der Waals surface area (Å²) in [5.74, 6) is 2.28. The third kappa shape index (κ3) is 4.18. The molecule has 2 fully saturated rings. The number of rotatable bonds is 6. The molecule has 27 heavy (non-hydrogen) atoms. The molecule has 1 aliphatic carbocycles. The average molecular weight is 362 g/mol. The molecule has 2 aliphatic rings. The highest BCUT2D eigenvalue weighted by molar-refractivity contribution is 5.91. The Morgan fingerprint density at radius 2 is 2.00 bits per heavy atom. The lowest BCUT2D eigenvalue weighted by Crippen LogP contribution is -2.26. The predicted molar refractivity (Wildman–Crippen MR) is 107 cm³/mol. The molecule has 4 rings (SSSR count). The first-order valence-electron chi connectivity index (χ1n) is 9.66. The van der Waals surface area contributed by atoms with Gasteiger partial charge in [0.25, 0.3) is 0 Å². The van der Waals surface area contributed by atoms with Crippen LogP contribution in [0.25, 0.3) is 6.08 Å². The Hall–Kier alpha value is -2.69. The summed E-state index contributed by atoms with van der Waals surface area (Å²) >= 11 is 0. The van der Waals surface area contributed by atoms with E-state index in [1.165, 1.54) is 5.69 Å². The van der Waals surface area contributed by atoms with E-state index in [4.69, 9.17) is 0 Å². The number of fused-ring (bicyclic) bond motifs is 1. The molecule has 5 nitrogen and oxygen atoms in total. The Bertz CT molecular complexity index is 816. The summed E-state index contributed by atoms with van der Waals surface area (Å²) in [6.07, 6.45) is 7.92. The number of piperidine rings is 1. The maximum atomic E-state index is 11.9. The number of carbonyl (C=O) groups is 1. The van der Waals surface area contributed by atoms with E-state index in [2.05, 4.69) is 46.2 Å². The summed E-state index contributed by atoms with van der Waals surface area (Å²) in [6, 6.07) is 8.16. The molecule has 140 valence electrons. The quantitative estimate of drug-likeness (QED) is 0.803. The van der Waals surface area contributed by atoms with Crippen molar-refractivity contribution in [2.45, 2.75) is 20.3 Å². The van der Waals surface area contributed by atoms with Crippen molar-refractivity contribution in [3.05, 3.63) is 59.7 Å². The third-order valence-corrected chi connectivity index (χ3v) is 5.69. The van der Waals surface area contributed by atoms with Gasteiger partial charge in [-0.1, -0.05) is 6.07 Å². The van der Waals surface area contributed by atoms with E-state index >= 15 is 0 Å². The van der Waals surface area contributed by atoms with Gasteiger partial charge < -0.3 is 10.2 Å². The van der Waals surface area contributed by atoms with Crippen LogP contribution in [0.2, 0.25) is 0 Å². The Labute approximate surface area is 160 Å². The van der Waals surface area contributed by atoms with Crippen molar-refractivity contribution >= 4 is 17.7 Å². The number of nitrogens with zero attached hydrogens (tertiary/aromatic N) is 3. The molecule has 1 N–H and O–H groups in total. The fraction of sp³-hybridized carbons (Fsp3) is 0.409. The van der Waals surface area contributed by atoms with Crippen LogP contribution in [0, 0.1) is 31.6 Å². The Morgan fingerprint density at radius 3 is 2.67 bits per heavy atom. The first-order chi connectivity index (χ1) is 13.1. The van der Waals surface area contributed by atoms with Crippen LogP contribution in [0.1, 0.15) is 23.4 Å². The Kier molecular flexibility index (Phi) is 4.92. The highest BCUT2D eigenvalue weighted by Gasteiger charge is 2.54. The van der Waals surface area contributed by atoms with Crippen LogP contribution in [0.3, 0.4) is 0 Å². The summed E-state index contributed by atoms with van der Waals surface area (Å²) in [5.41, 5.74) is 4.42. The molecular formula is C22H26N4O. The summed E-state index contributed by atoms with van der Waals surface area (Å²) in [7, 11) is 0. The highest BCUT2D eigenvalue weighted by Crippen LogP contribution is 2.54. The zero-order valence-electron chi connectivity index (χ0n) is 15.9. The van der Waals surface area contributed by atoms with Gasteiger partial charge in [-0.15, -0.1) is 0 Å². The van der Waals surface area contributed by atoms with Crippen molar-refractivity contribution in [3.63, 3.8) is 0 Å². The van der Waals surface area contributed by atoms with E-state index in [0.717, 1.165) is 60.8 Å². The fourth-order valence-corrected chi connectivity index (χ4v) is 4.35. The van der Waals surface area contributed by atoms with Crippen molar-refractivity contribution in [3.8, 4) is 0 Å². The number of aryl methyl sites for hydroxylation is 2. The SMILES string of the molecule is Cc1cc(N2C[C@@H]3[C@@H](CCNC(=O)/C=C/c4cccnc4)[C@@H]3C2)cc(C)n1. The molecule has 2 aromatic heterocycles. The molecule has 0 unspecified atom stereocenters. The minimum absolute atomic E-state index is 0.0333. The molecule has 3 heterocycles. The molecular weight excluding hydrogens is 336 g/mol. The maximum Gasteiger partial charge on any atom is 0.244 e. The molecule has 1 saturated heterocycles. The van der Waals surface area contributed by atoms with Gasteiger partial charge in [-0.2, -0.15) is 0 Å². The fourth-order valence-electron chi connectivity index (χ4n) is 4.35. The predicted octanol–water partition coefficient (Wildman–Crippen LogP) is 3.00.